The van der Waals surface area contributed by atoms with E-state index in [2.05, 4.69) is 29.2 Å². The van der Waals surface area contributed by atoms with E-state index in [0.717, 1.165) is 32.4 Å². The van der Waals surface area contributed by atoms with E-state index in [1.54, 1.807) is 25.3 Å². The molecule has 7 heteroatoms. The molecule has 0 bridgehead atoms. The molecule has 1 N–H and O–H groups in total. The summed E-state index contributed by atoms with van der Waals surface area (Å²) < 4.78 is 6.88. The highest BCUT2D eigenvalue weighted by molar-refractivity contribution is 7.71. The smallest absolute Gasteiger partial charge is 0.262 e. The van der Waals surface area contributed by atoms with E-state index >= 15 is 0 Å². The van der Waals surface area contributed by atoms with Gasteiger partial charge in [0.15, 0.2) is 4.77 Å². The van der Waals surface area contributed by atoms with E-state index in [0.29, 0.717) is 40.3 Å². The lowest BCUT2D eigenvalue weighted by atomic mass is 9.90. The number of carbonyl (C=O) groups is 1. The highest BCUT2D eigenvalue weighted by atomic mass is 32.1. The normalized spacial score (nSPS) is 14.8. The van der Waals surface area contributed by atoms with Gasteiger partial charge in [0.1, 0.15) is 0 Å². The first-order valence-corrected chi connectivity index (χ1v) is 11.1. The number of benzene rings is 2. The van der Waals surface area contributed by atoms with Crippen molar-refractivity contribution < 1.29 is 9.53 Å². The van der Waals surface area contributed by atoms with Crippen LogP contribution in [0.15, 0.2) is 53.3 Å². The van der Waals surface area contributed by atoms with Crippen LogP contribution in [0.25, 0.3) is 10.9 Å². The number of carbonyl (C=O) groups excluding carboxylic acids is 1. The zero-order chi connectivity index (χ0) is 21.8. The number of ether oxygens (including phenoxy) is 1. The predicted molar refractivity (Wildman–Crippen MR) is 124 cm³/mol. The maximum Gasteiger partial charge on any atom is 0.262 e. The molecule has 1 amide bonds. The fourth-order valence-electron chi connectivity index (χ4n) is 4.24. The molecule has 2 heterocycles. The van der Waals surface area contributed by atoms with Gasteiger partial charge in [0.05, 0.1) is 24.1 Å². The lowest BCUT2D eigenvalue weighted by Crippen LogP contribution is -2.39. The molecule has 3 aromatic rings. The molecule has 1 aliphatic rings. The van der Waals surface area contributed by atoms with Crippen molar-refractivity contribution in [3.8, 4) is 0 Å². The number of piperidine rings is 1. The van der Waals surface area contributed by atoms with Gasteiger partial charge in [-0.05, 0) is 61.2 Å². The molecule has 0 atom stereocenters. The van der Waals surface area contributed by atoms with Gasteiger partial charge in [-0.15, -0.1) is 0 Å². The summed E-state index contributed by atoms with van der Waals surface area (Å²) in [6.45, 7) is 2.30. The van der Waals surface area contributed by atoms with Crippen LogP contribution in [-0.4, -0.2) is 47.2 Å². The first-order valence-electron chi connectivity index (χ1n) is 10.7. The lowest BCUT2D eigenvalue weighted by Gasteiger charge is -2.32. The minimum atomic E-state index is -0.170. The molecular weight excluding hydrogens is 410 g/mol. The lowest BCUT2D eigenvalue weighted by molar-refractivity contribution is 0.0690. The summed E-state index contributed by atoms with van der Waals surface area (Å²) in [7, 11) is 1.58. The number of hydrogen-bond donors (Lipinski definition) is 1. The van der Waals surface area contributed by atoms with Gasteiger partial charge in [-0.3, -0.25) is 14.2 Å². The highest BCUT2D eigenvalue weighted by Gasteiger charge is 2.24. The number of aromatic amines is 1. The molecule has 1 fully saturated rings. The van der Waals surface area contributed by atoms with Crippen molar-refractivity contribution in [2.75, 3.05) is 26.8 Å². The molecule has 4 rings (SSSR count). The van der Waals surface area contributed by atoms with Crippen molar-refractivity contribution in [1.82, 2.24) is 14.5 Å². The SMILES string of the molecule is COCCn1c(=S)[nH]c2cc(C(=O)N3CCC(Cc4ccccc4)CC3)ccc2c1=O. The summed E-state index contributed by atoms with van der Waals surface area (Å²) in [6.07, 6.45) is 3.06. The number of nitrogens with one attached hydrogen (secondary N) is 1. The summed E-state index contributed by atoms with van der Waals surface area (Å²) in [5.74, 6) is 0.604. The van der Waals surface area contributed by atoms with Crippen molar-refractivity contribution >= 4 is 29.0 Å². The topological polar surface area (TPSA) is 67.3 Å². The molecule has 0 radical (unpaired) electrons. The summed E-state index contributed by atoms with van der Waals surface area (Å²) in [5.41, 5.74) is 2.35. The van der Waals surface area contributed by atoms with Crippen LogP contribution >= 0.6 is 12.2 Å². The maximum absolute atomic E-state index is 13.1. The van der Waals surface area contributed by atoms with Gasteiger partial charge in [0.2, 0.25) is 0 Å². The molecule has 2 aromatic carbocycles. The van der Waals surface area contributed by atoms with Gasteiger partial charge >= 0.3 is 0 Å². The van der Waals surface area contributed by atoms with Crippen LogP contribution in [0.4, 0.5) is 0 Å². The average molecular weight is 438 g/mol. The Balaban J connectivity index is 1.47. The van der Waals surface area contributed by atoms with E-state index in [-0.39, 0.29) is 11.5 Å². The Bertz CT molecular complexity index is 1180. The predicted octanol–water partition coefficient (Wildman–Crippen LogP) is 3.80. The molecule has 1 aliphatic heterocycles. The van der Waals surface area contributed by atoms with Crippen LogP contribution in [0.2, 0.25) is 0 Å². The van der Waals surface area contributed by atoms with E-state index in [1.807, 2.05) is 11.0 Å². The highest BCUT2D eigenvalue weighted by Crippen LogP contribution is 2.23. The van der Waals surface area contributed by atoms with Crippen molar-refractivity contribution in [2.45, 2.75) is 25.8 Å². The number of hydrogen-bond acceptors (Lipinski definition) is 4. The number of H-pyrrole nitrogens is 1. The van der Waals surface area contributed by atoms with Gasteiger partial charge in [-0.1, -0.05) is 30.3 Å². The third-order valence-electron chi connectivity index (χ3n) is 6.02. The first-order chi connectivity index (χ1) is 15.1. The van der Waals surface area contributed by atoms with Crippen LogP contribution < -0.4 is 5.56 Å². The number of nitrogens with zero attached hydrogens (tertiary/aromatic N) is 2. The number of fused-ring (bicyclic) bond motifs is 1. The number of likely N-dealkylation sites (tertiary alicyclic amines) is 1. The Morgan fingerprint density at radius 2 is 1.90 bits per heavy atom. The molecule has 0 unspecified atom stereocenters. The first kappa shape index (κ1) is 21.5. The quantitative estimate of drug-likeness (QED) is 0.596. The van der Waals surface area contributed by atoms with Gasteiger partial charge in [0, 0.05) is 25.8 Å². The number of rotatable bonds is 6. The Morgan fingerprint density at radius 1 is 1.16 bits per heavy atom. The van der Waals surface area contributed by atoms with Crippen LogP contribution in [-0.2, 0) is 17.7 Å². The monoisotopic (exact) mass is 437 g/mol. The van der Waals surface area contributed by atoms with Gasteiger partial charge in [-0.2, -0.15) is 0 Å². The van der Waals surface area contributed by atoms with Crippen molar-refractivity contribution in [1.29, 1.82) is 0 Å². The number of amides is 1. The third-order valence-corrected chi connectivity index (χ3v) is 6.34. The van der Waals surface area contributed by atoms with Gasteiger partial charge in [-0.25, -0.2) is 0 Å². The summed E-state index contributed by atoms with van der Waals surface area (Å²) in [5, 5.41) is 0.517. The van der Waals surface area contributed by atoms with Crippen LogP contribution in [0, 0.1) is 10.7 Å². The second-order valence-electron chi connectivity index (χ2n) is 8.07. The summed E-state index contributed by atoms with van der Waals surface area (Å²) in [6, 6.07) is 15.7. The minimum absolute atomic E-state index is 0.00272. The molecular formula is C24H27N3O3S. The molecule has 0 spiro atoms. The molecule has 6 nitrogen and oxygen atoms in total. The van der Waals surface area contributed by atoms with E-state index in [1.165, 1.54) is 10.1 Å². The zero-order valence-corrected chi connectivity index (χ0v) is 18.5. The van der Waals surface area contributed by atoms with Crippen molar-refractivity contribution in [2.24, 2.45) is 5.92 Å². The molecule has 162 valence electrons. The van der Waals surface area contributed by atoms with E-state index < -0.39 is 0 Å². The van der Waals surface area contributed by atoms with Gasteiger partial charge < -0.3 is 14.6 Å². The summed E-state index contributed by atoms with van der Waals surface area (Å²) >= 11 is 5.34. The zero-order valence-electron chi connectivity index (χ0n) is 17.7. The largest absolute Gasteiger partial charge is 0.383 e. The summed E-state index contributed by atoms with van der Waals surface area (Å²) in [4.78, 5) is 30.8. The minimum Gasteiger partial charge on any atom is -0.383 e. The Hall–Kier alpha value is -2.77. The van der Waals surface area contributed by atoms with Crippen LogP contribution in [0.1, 0.15) is 28.8 Å². The number of methoxy groups -OCH3 is 1. The maximum atomic E-state index is 13.1. The molecule has 31 heavy (non-hydrogen) atoms. The fraction of sp³-hybridized carbons (Fsp3) is 0.375. The molecule has 0 aliphatic carbocycles. The average Bonchev–Trinajstić information content (AvgIpc) is 2.79. The van der Waals surface area contributed by atoms with Gasteiger partial charge in [0.25, 0.3) is 11.5 Å². The van der Waals surface area contributed by atoms with Crippen LogP contribution in [0.3, 0.4) is 0 Å². The molecule has 1 saturated heterocycles. The van der Waals surface area contributed by atoms with E-state index in [4.69, 9.17) is 17.0 Å². The standard InChI is InChI=1S/C24H27N3O3S/c1-30-14-13-27-23(29)20-8-7-19(16-21(20)25-24(27)31)22(28)26-11-9-18(10-12-26)15-17-5-3-2-4-6-17/h2-8,16,18H,9-15H2,1H3,(H,25,31). The Kier molecular flexibility index (Phi) is 6.63. The second kappa shape index (κ2) is 9.58. The fourth-order valence-corrected chi connectivity index (χ4v) is 4.53. The molecule has 1 aromatic heterocycles. The second-order valence-corrected chi connectivity index (χ2v) is 8.45. The van der Waals surface area contributed by atoms with E-state index in [9.17, 15) is 9.59 Å². The number of aromatic nitrogens is 2. The third kappa shape index (κ3) is 4.78. The van der Waals surface area contributed by atoms with Crippen molar-refractivity contribution in [3.05, 3.63) is 74.8 Å². The Morgan fingerprint density at radius 3 is 2.61 bits per heavy atom. The Labute approximate surface area is 186 Å². The molecule has 0 saturated carbocycles. The van der Waals surface area contributed by atoms with Crippen LogP contribution in [0.5, 0.6) is 0 Å². The van der Waals surface area contributed by atoms with Crippen molar-refractivity contribution in [3.63, 3.8) is 0 Å².